The van der Waals surface area contributed by atoms with Gasteiger partial charge in [0, 0.05) is 5.56 Å². The number of hydrogen-bond acceptors (Lipinski definition) is 3. The number of carbonyl (C=O) groups is 1. The van der Waals surface area contributed by atoms with Gasteiger partial charge < -0.3 is 5.32 Å². The van der Waals surface area contributed by atoms with E-state index >= 15 is 0 Å². The Bertz CT molecular complexity index is 817. The molecule has 1 N–H and O–H groups in total. The van der Waals surface area contributed by atoms with Crippen LogP contribution in [0.25, 0.3) is 0 Å². The summed E-state index contributed by atoms with van der Waals surface area (Å²) >= 11 is 1.57. The van der Waals surface area contributed by atoms with E-state index in [-0.39, 0.29) is 5.91 Å². The Morgan fingerprint density at radius 2 is 1.75 bits per heavy atom. The van der Waals surface area contributed by atoms with Gasteiger partial charge in [-0.3, -0.25) is 4.79 Å². The number of hydrogen-bond donors (Lipinski definition) is 1. The number of carbonyl (C=O) groups excluding carboxylic acids is 1. The van der Waals surface area contributed by atoms with Crippen molar-refractivity contribution in [2.45, 2.75) is 11.4 Å². The van der Waals surface area contributed by atoms with E-state index < -0.39 is 0 Å². The van der Waals surface area contributed by atoms with Crippen molar-refractivity contribution >= 4 is 23.4 Å². The summed E-state index contributed by atoms with van der Waals surface area (Å²) in [6, 6.07) is 21.6. The number of rotatable bonds is 5. The van der Waals surface area contributed by atoms with Crippen LogP contribution in [0.5, 0.6) is 0 Å². The van der Waals surface area contributed by atoms with Gasteiger partial charge >= 0.3 is 0 Å². The summed E-state index contributed by atoms with van der Waals surface area (Å²) in [6.45, 7) is 0. The number of thioether (sulfide) groups is 1. The van der Waals surface area contributed by atoms with Gasteiger partial charge in [0.2, 0.25) is 0 Å². The molecule has 4 heteroatoms. The molecule has 0 aliphatic rings. The summed E-state index contributed by atoms with van der Waals surface area (Å²) < 4.78 is 0. The molecule has 0 fully saturated rings. The highest BCUT2D eigenvalue weighted by Crippen LogP contribution is 2.18. The van der Waals surface area contributed by atoms with E-state index in [0.29, 0.717) is 11.3 Å². The normalized spacial score (nSPS) is 10.4. The summed E-state index contributed by atoms with van der Waals surface area (Å²) in [5.74, 6) is -0.111. The van der Waals surface area contributed by atoms with E-state index in [1.54, 1.807) is 18.0 Å². The number of aromatic nitrogens is 1. The first kappa shape index (κ1) is 16.3. The standard InChI is InChI=1S/C20H18N2OS/c1-24-19-12-11-17(14-21-19)22-20(23)18-10-6-5-9-16(18)13-15-7-3-2-4-8-15/h2-12,14H,13H2,1H3,(H,22,23). The van der Waals surface area contributed by atoms with Gasteiger partial charge in [0.05, 0.1) is 16.9 Å². The SMILES string of the molecule is CSc1ccc(NC(=O)c2ccccc2Cc2ccccc2)cn1. The minimum Gasteiger partial charge on any atom is -0.321 e. The lowest BCUT2D eigenvalue weighted by atomic mass is 9.99. The van der Waals surface area contributed by atoms with Crippen molar-refractivity contribution < 1.29 is 4.79 Å². The lowest BCUT2D eigenvalue weighted by Crippen LogP contribution is -2.14. The molecule has 2 aromatic carbocycles. The van der Waals surface area contributed by atoms with Gasteiger partial charge in [0.1, 0.15) is 0 Å². The lowest BCUT2D eigenvalue weighted by molar-refractivity contribution is 0.102. The van der Waals surface area contributed by atoms with Gasteiger partial charge in [0.25, 0.3) is 5.91 Å². The molecule has 120 valence electrons. The van der Waals surface area contributed by atoms with Crippen LogP contribution >= 0.6 is 11.8 Å². The Morgan fingerprint density at radius 1 is 1.00 bits per heavy atom. The average Bonchev–Trinajstić information content (AvgIpc) is 2.63. The molecule has 1 amide bonds. The second-order valence-electron chi connectivity index (χ2n) is 5.36. The molecule has 0 bridgehead atoms. The Kier molecular flexibility index (Phi) is 5.29. The first-order valence-corrected chi connectivity index (χ1v) is 8.92. The molecule has 0 unspecified atom stereocenters. The first-order valence-electron chi connectivity index (χ1n) is 7.69. The molecule has 3 nitrogen and oxygen atoms in total. The van der Waals surface area contributed by atoms with E-state index in [9.17, 15) is 4.79 Å². The fourth-order valence-corrected chi connectivity index (χ4v) is 2.85. The quantitative estimate of drug-likeness (QED) is 0.691. The van der Waals surface area contributed by atoms with Crippen LogP contribution in [0.2, 0.25) is 0 Å². The highest BCUT2D eigenvalue weighted by Gasteiger charge is 2.11. The third-order valence-electron chi connectivity index (χ3n) is 3.70. The lowest BCUT2D eigenvalue weighted by Gasteiger charge is -2.10. The molecule has 1 aromatic heterocycles. The summed E-state index contributed by atoms with van der Waals surface area (Å²) in [4.78, 5) is 16.9. The highest BCUT2D eigenvalue weighted by atomic mass is 32.2. The topological polar surface area (TPSA) is 42.0 Å². The van der Waals surface area contributed by atoms with Crippen molar-refractivity contribution in [3.05, 3.63) is 89.6 Å². The predicted molar refractivity (Wildman–Crippen MR) is 99.7 cm³/mol. The number of benzene rings is 2. The van der Waals surface area contributed by atoms with Crippen LogP contribution in [0.15, 0.2) is 78.0 Å². The predicted octanol–water partition coefficient (Wildman–Crippen LogP) is 4.65. The minimum atomic E-state index is -0.111. The Morgan fingerprint density at radius 3 is 2.46 bits per heavy atom. The van der Waals surface area contributed by atoms with Crippen molar-refractivity contribution in [3.63, 3.8) is 0 Å². The van der Waals surface area contributed by atoms with Gasteiger partial charge in [-0.25, -0.2) is 4.98 Å². The number of amides is 1. The monoisotopic (exact) mass is 334 g/mol. The maximum absolute atomic E-state index is 12.6. The van der Waals surface area contributed by atoms with Crippen LogP contribution in [0, 0.1) is 0 Å². The summed E-state index contributed by atoms with van der Waals surface area (Å²) in [5.41, 5.74) is 3.58. The number of anilines is 1. The third kappa shape index (κ3) is 4.03. The van der Waals surface area contributed by atoms with Crippen molar-refractivity contribution in [1.82, 2.24) is 4.98 Å². The average molecular weight is 334 g/mol. The second-order valence-corrected chi connectivity index (χ2v) is 6.19. The minimum absolute atomic E-state index is 0.111. The molecule has 3 rings (SSSR count). The van der Waals surface area contributed by atoms with Crippen LogP contribution in [-0.2, 0) is 6.42 Å². The molecule has 24 heavy (non-hydrogen) atoms. The van der Waals surface area contributed by atoms with Crippen molar-refractivity contribution in [2.75, 3.05) is 11.6 Å². The van der Waals surface area contributed by atoms with Gasteiger partial charge in [-0.2, -0.15) is 0 Å². The van der Waals surface area contributed by atoms with Crippen molar-refractivity contribution in [1.29, 1.82) is 0 Å². The third-order valence-corrected chi connectivity index (χ3v) is 4.36. The molecular weight excluding hydrogens is 316 g/mol. The Labute approximate surface area is 146 Å². The van der Waals surface area contributed by atoms with Crippen LogP contribution in [-0.4, -0.2) is 17.1 Å². The maximum atomic E-state index is 12.6. The zero-order valence-corrected chi connectivity index (χ0v) is 14.2. The molecule has 1 heterocycles. The van der Waals surface area contributed by atoms with E-state index in [2.05, 4.69) is 22.4 Å². The molecule has 0 aliphatic carbocycles. The number of nitrogens with one attached hydrogen (secondary N) is 1. The Balaban J connectivity index is 1.79. The van der Waals surface area contributed by atoms with E-state index in [1.807, 2.05) is 60.9 Å². The van der Waals surface area contributed by atoms with Crippen LogP contribution < -0.4 is 5.32 Å². The van der Waals surface area contributed by atoms with Crippen LogP contribution in [0.1, 0.15) is 21.5 Å². The fourth-order valence-electron chi connectivity index (χ4n) is 2.49. The highest BCUT2D eigenvalue weighted by molar-refractivity contribution is 7.98. The largest absolute Gasteiger partial charge is 0.321 e. The van der Waals surface area contributed by atoms with Crippen LogP contribution in [0.3, 0.4) is 0 Å². The zero-order chi connectivity index (χ0) is 16.8. The smallest absolute Gasteiger partial charge is 0.255 e. The van der Waals surface area contributed by atoms with E-state index in [1.165, 1.54) is 5.56 Å². The molecule has 0 spiro atoms. The zero-order valence-electron chi connectivity index (χ0n) is 13.4. The number of pyridine rings is 1. The fraction of sp³-hybridized carbons (Fsp3) is 0.100. The van der Waals surface area contributed by atoms with Crippen molar-refractivity contribution in [2.24, 2.45) is 0 Å². The van der Waals surface area contributed by atoms with Gasteiger partial charge in [-0.15, -0.1) is 11.8 Å². The molecule has 0 radical (unpaired) electrons. The molecular formula is C20H18N2OS. The Hall–Kier alpha value is -2.59. The van der Waals surface area contributed by atoms with Gasteiger partial charge in [-0.05, 0) is 42.0 Å². The summed E-state index contributed by atoms with van der Waals surface area (Å²) in [7, 11) is 0. The molecule has 0 atom stereocenters. The van der Waals surface area contributed by atoms with Crippen LogP contribution in [0.4, 0.5) is 5.69 Å². The van der Waals surface area contributed by atoms with Gasteiger partial charge in [0.15, 0.2) is 0 Å². The van der Waals surface area contributed by atoms with E-state index in [0.717, 1.165) is 17.0 Å². The first-order chi connectivity index (χ1) is 11.8. The summed E-state index contributed by atoms with van der Waals surface area (Å²) in [5, 5.41) is 3.85. The van der Waals surface area contributed by atoms with E-state index in [4.69, 9.17) is 0 Å². The summed E-state index contributed by atoms with van der Waals surface area (Å²) in [6.07, 6.45) is 4.39. The molecule has 0 aliphatic heterocycles. The molecule has 3 aromatic rings. The second kappa shape index (κ2) is 7.79. The van der Waals surface area contributed by atoms with Gasteiger partial charge in [-0.1, -0.05) is 48.5 Å². The molecule has 0 saturated heterocycles. The maximum Gasteiger partial charge on any atom is 0.255 e. The molecule has 0 saturated carbocycles. The number of nitrogens with zero attached hydrogens (tertiary/aromatic N) is 1. The van der Waals surface area contributed by atoms with Crippen molar-refractivity contribution in [3.8, 4) is 0 Å².